The number of rotatable bonds is 5. The van der Waals surface area contributed by atoms with Crippen molar-refractivity contribution in [2.24, 2.45) is 4.99 Å². The number of methoxy groups -OCH3 is 1. The van der Waals surface area contributed by atoms with E-state index in [0.29, 0.717) is 29.0 Å². The van der Waals surface area contributed by atoms with Gasteiger partial charge in [0.1, 0.15) is 5.76 Å². The van der Waals surface area contributed by atoms with E-state index in [-0.39, 0.29) is 5.91 Å². The van der Waals surface area contributed by atoms with Crippen LogP contribution in [0.15, 0.2) is 63.0 Å². The first-order chi connectivity index (χ1) is 11.3. The van der Waals surface area contributed by atoms with Gasteiger partial charge in [-0.05, 0) is 36.0 Å². The van der Waals surface area contributed by atoms with E-state index in [9.17, 15) is 4.79 Å². The molecule has 0 aliphatic carbocycles. The van der Waals surface area contributed by atoms with Crippen molar-refractivity contribution >= 4 is 34.6 Å². The van der Waals surface area contributed by atoms with Gasteiger partial charge in [-0.3, -0.25) is 9.69 Å². The van der Waals surface area contributed by atoms with Gasteiger partial charge in [-0.25, -0.2) is 4.99 Å². The predicted molar refractivity (Wildman–Crippen MR) is 91.4 cm³/mol. The van der Waals surface area contributed by atoms with Crippen molar-refractivity contribution in [3.05, 3.63) is 59.4 Å². The molecule has 0 spiro atoms. The second kappa shape index (κ2) is 7.30. The van der Waals surface area contributed by atoms with E-state index in [1.54, 1.807) is 30.4 Å². The first-order valence-electron chi connectivity index (χ1n) is 7.15. The van der Waals surface area contributed by atoms with Crippen molar-refractivity contribution < 1.29 is 13.9 Å². The Bertz CT molecular complexity index is 724. The van der Waals surface area contributed by atoms with E-state index in [1.807, 2.05) is 36.4 Å². The Hall–Kier alpha value is -2.31. The molecule has 2 heterocycles. The van der Waals surface area contributed by atoms with Gasteiger partial charge in [0.2, 0.25) is 0 Å². The normalized spacial score (nSPS) is 18.3. The van der Waals surface area contributed by atoms with Crippen molar-refractivity contribution in [2.45, 2.75) is 0 Å². The molecule has 1 amide bonds. The molecule has 0 radical (unpaired) electrons. The maximum atomic E-state index is 12.6. The monoisotopic (exact) mass is 328 g/mol. The number of thioether (sulfide) groups is 1. The highest BCUT2D eigenvalue weighted by atomic mass is 32.2. The van der Waals surface area contributed by atoms with Gasteiger partial charge >= 0.3 is 0 Å². The Balaban J connectivity index is 1.90. The lowest BCUT2D eigenvalue weighted by Crippen LogP contribution is -2.32. The fraction of sp³-hybridized carbons (Fsp3) is 0.176. The third-order valence-corrected chi connectivity index (χ3v) is 4.21. The third kappa shape index (κ3) is 3.72. The van der Waals surface area contributed by atoms with Crippen LogP contribution in [0.5, 0.6) is 0 Å². The SMILES string of the molecule is COCCN1C(=O)C(=Cc2ccco2)SC1=Nc1ccccc1. The van der Waals surface area contributed by atoms with Gasteiger partial charge in [0.05, 0.1) is 30.0 Å². The van der Waals surface area contributed by atoms with E-state index >= 15 is 0 Å². The third-order valence-electron chi connectivity index (χ3n) is 3.20. The summed E-state index contributed by atoms with van der Waals surface area (Å²) in [7, 11) is 1.61. The lowest BCUT2D eigenvalue weighted by Gasteiger charge is -2.14. The van der Waals surface area contributed by atoms with Crippen molar-refractivity contribution in [1.82, 2.24) is 4.90 Å². The summed E-state index contributed by atoms with van der Waals surface area (Å²) in [5.41, 5.74) is 0.810. The van der Waals surface area contributed by atoms with Crippen molar-refractivity contribution in [2.75, 3.05) is 20.3 Å². The van der Waals surface area contributed by atoms with Crippen LogP contribution >= 0.6 is 11.8 Å². The van der Waals surface area contributed by atoms with Crippen LogP contribution in [0.1, 0.15) is 5.76 Å². The molecule has 0 saturated carbocycles. The molecular weight excluding hydrogens is 312 g/mol. The summed E-state index contributed by atoms with van der Waals surface area (Å²) in [4.78, 5) is 19.4. The number of hydrogen-bond acceptors (Lipinski definition) is 5. The van der Waals surface area contributed by atoms with Crippen molar-refractivity contribution in [3.63, 3.8) is 0 Å². The van der Waals surface area contributed by atoms with Gasteiger partial charge in [0.15, 0.2) is 5.17 Å². The van der Waals surface area contributed by atoms with Crippen LogP contribution in [0.4, 0.5) is 5.69 Å². The maximum absolute atomic E-state index is 12.6. The number of carbonyl (C=O) groups is 1. The van der Waals surface area contributed by atoms with Gasteiger partial charge in [-0.15, -0.1) is 0 Å². The summed E-state index contributed by atoms with van der Waals surface area (Å²) in [5, 5.41) is 0.649. The Morgan fingerprint density at radius 2 is 2.09 bits per heavy atom. The Kier molecular flexibility index (Phi) is 4.95. The van der Waals surface area contributed by atoms with E-state index in [4.69, 9.17) is 9.15 Å². The maximum Gasteiger partial charge on any atom is 0.266 e. The number of para-hydroxylation sites is 1. The van der Waals surface area contributed by atoms with Gasteiger partial charge in [0.25, 0.3) is 5.91 Å². The smallest absolute Gasteiger partial charge is 0.266 e. The van der Waals surface area contributed by atoms with E-state index < -0.39 is 0 Å². The number of ether oxygens (including phenoxy) is 1. The number of nitrogens with zero attached hydrogens (tertiary/aromatic N) is 2. The lowest BCUT2D eigenvalue weighted by atomic mass is 10.3. The molecule has 1 aliphatic heterocycles. The zero-order valence-corrected chi connectivity index (χ0v) is 13.5. The lowest BCUT2D eigenvalue weighted by molar-refractivity contribution is -0.122. The number of hydrogen-bond donors (Lipinski definition) is 0. The molecule has 6 heteroatoms. The molecule has 3 rings (SSSR count). The topological polar surface area (TPSA) is 55.0 Å². The molecule has 1 aromatic heterocycles. The summed E-state index contributed by atoms with van der Waals surface area (Å²) in [5.74, 6) is 0.562. The quantitative estimate of drug-likeness (QED) is 0.788. The minimum absolute atomic E-state index is 0.0851. The summed E-state index contributed by atoms with van der Waals surface area (Å²) in [6, 6.07) is 13.2. The molecule has 5 nitrogen and oxygen atoms in total. The predicted octanol–water partition coefficient (Wildman–Crippen LogP) is 3.53. The molecule has 1 fully saturated rings. The van der Waals surface area contributed by atoms with Crippen LogP contribution < -0.4 is 0 Å². The second-order valence-corrected chi connectivity index (χ2v) is 5.81. The first kappa shape index (κ1) is 15.6. The highest BCUT2D eigenvalue weighted by Gasteiger charge is 2.33. The molecular formula is C17H16N2O3S. The summed E-state index contributed by atoms with van der Waals surface area (Å²) < 4.78 is 10.4. The van der Waals surface area contributed by atoms with Crippen LogP contribution in [-0.4, -0.2) is 36.2 Å². The first-order valence-corrected chi connectivity index (χ1v) is 7.97. The fourth-order valence-electron chi connectivity index (χ4n) is 2.09. The molecule has 1 aliphatic rings. The van der Waals surface area contributed by atoms with Gasteiger partial charge in [-0.2, -0.15) is 0 Å². The Labute approximate surface area is 138 Å². The van der Waals surface area contributed by atoms with Crippen LogP contribution in [0.3, 0.4) is 0 Å². The minimum atomic E-state index is -0.0851. The zero-order chi connectivity index (χ0) is 16.1. The van der Waals surface area contributed by atoms with Gasteiger partial charge in [-0.1, -0.05) is 18.2 Å². The van der Waals surface area contributed by atoms with Crippen LogP contribution in [-0.2, 0) is 9.53 Å². The molecule has 2 aromatic rings. The minimum Gasteiger partial charge on any atom is -0.465 e. The standard InChI is InChI=1S/C17H16N2O3S/c1-21-11-9-19-16(20)15(12-14-8-5-10-22-14)23-17(19)18-13-6-3-2-4-7-13/h2-8,10,12H,9,11H2,1H3. The summed E-state index contributed by atoms with van der Waals surface area (Å²) in [6.07, 6.45) is 3.32. The molecule has 23 heavy (non-hydrogen) atoms. The zero-order valence-electron chi connectivity index (χ0n) is 12.6. The average Bonchev–Trinajstić information content (AvgIpc) is 3.17. The Morgan fingerprint density at radius 1 is 1.26 bits per heavy atom. The molecule has 0 bridgehead atoms. The van der Waals surface area contributed by atoms with E-state index in [2.05, 4.69) is 4.99 Å². The number of benzene rings is 1. The molecule has 0 atom stereocenters. The highest BCUT2D eigenvalue weighted by Crippen LogP contribution is 2.33. The number of amidine groups is 1. The second-order valence-electron chi connectivity index (χ2n) is 4.81. The molecule has 118 valence electrons. The summed E-state index contributed by atoms with van der Waals surface area (Å²) in [6.45, 7) is 0.914. The molecule has 1 aromatic carbocycles. The van der Waals surface area contributed by atoms with Crippen LogP contribution in [0.2, 0.25) is 0 Å². The van der Waals surface area contributed by atoms with E-state index in [0.717, 1.165) is 5.69 Å². The molecule has 0 unspecified atom stereocenters. The van der Waals surface area contributed by atoms with Gasteiger partial charge < -0.3 is 9.15 Å². The number of furan rings is 1. The molecule has 1 saturated heterocycles. The van der Waals surface area contributed by atoms with Crippen LogP contribution in [0.25, 0.3) is 6.08 Å². The number of carbonyl (C=O) groups excluding carboxylic acids is 1. The average molecular weight is 328 g/mol. The summed E-state index contributed by atoms with van der Waals surface area (Å²) >= 11 is 1.34. The Morgan fingerprint density at radius 3 is 2.78 bits per heavy atom. The van der Waals surface area contributed by atoms with Crippen molar-refractivity contribution in [3.8, 4) is 0 Å². The largest absolute Gasteiger partial charge is 0.465 e. The van der Waals surface area contributed by atoms with Crippen molar-refractivity contribution in [1.29, 1.82) is 0 Å². The molecule has 0 N–H and O–H groups in total. The number of aliphatic imine (C=N–C) groups is 1. The number of amides is 1. The van der Waals surface area contributed by atoms with E-state index in [1.165, 1.54) is 11.8 Å². The highest BCUT2D eigenvalue weighted by molar-refractivity contribution is 8.18. The van der Waals surface area contributed by atoms with Crippen LogP contribution in [0, 0.1) is 0 Å². The van der Waals surface area contributed by atoms with Gasteiger partial charge in [0, 0.05) is 13.2 Å². The fourth-order valence-corrected chi connectivity index (χ4v) is 3.09.